The predicted octanol–water partition coefficient (Wildman–Crippen LogP) is 2.75. The summed E-state index contributed by atoms with van der Waals surface area (Å²) in [5.41, 5.74) is 5.41. The molecule has 3 nitrogen and oxygen atoms in total. The molecule has 0 unspecified atom stereocenters. The Kier molecular flexibility index (Phi) is 6.83. The Labute approximate surface area is 167 Å². The molecule has 5 rings (SSSR count). The van der Waals surface area contributed by atoms with Crippen molar-refractivity contribution in [3.8, 4) is 0 Å². The van der Waals surface area contributed by atoms with Crippen molar-refractivity contribution in [2.75, 3.05) is 0 Å². The second-order valence-corrected chi connectivity index (χ2v) is 5.39. The molecule has 3 aromatic heterocycles. The topological polar surface area (TPSA) is 47.4 Å². The average molecular weight is 390 g/mol. The van der Waals surface area contributed by atoms with Gasteiger partial charge in [0.25, 0.3) is 0 Å². The van der Waals surface area contributed by atoms with Crippen LogP contribution in [0.2, 0.25) is 0 Å². The van der Waals surface area contributed by atoms with E-state index in [-0.39, 0.29) is 32.7 Å². The zero-order valence-corrected chi connectivity index (χ0v) is 16.3. The van der Waals surface area contributed by atoms with Crippen LogP contribution in [0.1, 0.15) is 22.5 Å². The van der Waals surface area contributed by atoms with Gasteiger partial charge in [-0.2, -0.15) is 0 Å². The molecule has 3 N–H and O–H groups in total. The molecule has 2 aliphatic rings. The molecule has 119 valence electrons. The van der Waals surface area contributed by atoms with Gasteiger partial charge in [-0.05, 0) is 35.8 Å². The predicted molar refractivity (Wildman–Crippen MR) is 96.0 cm³/mol. The summed E-state index contributed by atoms with van der Waals surface area (Å²) in [4.78, 5) is 9.01. The van der Waals surface area contributed by atoms with Gasteiger partial charge in [0.1, 0.15) is 0 Å². The van der Waals surface area contributed by atoms with Crippen molar-refractivity contribution in [2.45, 2.75) is 12.8 Å². The number of hydrogen-bond acceptors (Lipinski definition) is 0. The number of rotatable bonds is 0. The largest absolute Gasteiger partial charge is 0.460 e. The fourth-order valence-corrected chi connectivity index (χ4v) is 2.50. The minimum atomic E-state index is 0. The molecule has 0 spiro atoms. The van der Waals surface area contributed by atoms with E-state index in [1.165, 1.54) is 22.5 Å². The molecular weight excluding hydrogens is 371 g/mol. The summed E-state index contributed by atoms with van der Waals surface area (Å²) in [5, 5.41) is 1.15. The minimum absolute atomic E-state index is 0. The van der Waals surface area contributed by atoms with Gasteiger partial charge in [0.2, 0.25) is 0 Å². The van der Waals surface area contributed by atoms with Gasteiger partial charge in [-0.25, -0.2) is 11.4 Å². The summed E-state index contributed by atoms with van der Waals surface area (Å²) >= 11 is 0. The first-order valence-electron chi connectivity index (χ1n) is 7.58. The Morgan fingerprint density at radius 1 is 0.792 bits per heavy atom. The first-order valence-corrected chi connectivity index (χ1v) is 7.58. The van der Waals surface area contributed by atoms with E-state index in [0.717, 1.165) is 12.8 Å². The van der Waals surface area contributed by atoms with E-state index in [1.54, 1.807) is 12.3 Å². The molecule has 0 fully saturated rings. The number of H-pyrrole nitrogens is 3. The molecule has 3 aromatic rings. The van der Waals surface area contributed by atoms with Gasteiger partial charge < -0.3 is 33.3 Å². The Bertz CT molecular complexity index is 849. The van der Waals surface area contributed by atoms with Crippen molar-refractivity contribution in [3.05, 3.63) is 82.0 Å². The van der Waals surface area contributed by atoms with Crippen LogP contribution in [-0.2, 0) is 45.6 Å². The van der Waals surface area contributed by atoms with E-state index in [1.807, 2.05) is 12.4 Å². The van der Waals surface area contributed by atoms with Crippen molar-refractivity contribution in [3.63, 3.8) is 0 Å². The third kappa shape index (κ3) is 4.59. The zero-order chi connectivity index (χ0) is 16.1. The number of hydrogen-bond donors (Lipinski definition) is 3. The van der Waals surface area contributed by atoms with E-state index in [9.17, 15) is 0 Å². The zero-order valence-electron chi connectivity index (χ0n) is 13.4. The molecule has 3 heterocycles. The van der Waals surface area contributed by atoms with Crippen molar-refractivity contribution in [1.82, 2.24) is 15.0 Å². The smallest absolute Gasteiger partial charge is 0.0412 e. The Hall–Kier alpha value is -1.84. The van der Waals surface area contributed by atoms with Gasteiger partial charge in [-0.15, -0.1) is 0 Å². The number of nitrogens with one attached hydrogen (secondary N) is 3. The van der Waals surface area contributed by atoms with Crippen LogP contribution in [-0.4, -0.2) is 15.0 Å². The van der Waals surface area contributed by atoms with E-state index >= 15 is 0 Å². The van der Waals surface area contributed by atoms with Gasteiger partial charge >= 0.3 is 0 Å². The third-order valence-corrected chi connectivity index (χ3v) is 3.79. The summed E-state index contributed by atoms with van der Waals surface area (Å²) in [6.07, 6.45) is 16.5. The molecule has 1 radical (unpaired) electrons. The fourth-order valence-electron chi connectivity index (χ4n) is 2.50. The molecule has 4 heteroatoms. The van der Waals surface area contributed by atoms with Gasteiger partial charge in [0, 0.05) is 62.9 Å². The summed E-state index contributed by atoms with van der Waals surface area (Å²) < 4.78 is 0. The Balaban J connectivity index is 0.000000128. The maximum Gasteiger partial charge on any atom is 0.0412 e. The third-order valence-electron chi connectivity index (χ3n) is 3.79. The van der Waals surface area contributed by atoms with Crippen LogP contribution in [0.4, 0.5) is 0 Å². The van der Waals surface area contributed by atoms with Gasteiger partial charge in [-0.3, -0.25) is 0 Å². The van der Waals surface area contributed by atoms with Crippen LogP contribution < -0.4 is 10.6 Å². The summed E-state index contributed by atoms with van der Waals surface area (Å²) in [6.45, 7) is 10.5. The van der Waals surface area contributed by atoms with Crippen LogP contribution in [0.5, 0.6) is 0 Å². The molecule has 0 bridgehead atoms. The van der Waals surface area contributed by atoms with Crippen LogP contribution in [0.15, 0.2) is 48.9 Å². The maximum atomic E-state index is 5.28. The molecule has 0 amide bonds. The van der Waals surface area contributed by atoms with Gasteiger partial charge in [0.05, 0.1) is 0 Å². The SMILES string of the molecule is C1=Cc2[nH]ccc2C1.C1=Cc2cc[nH]c2C1.[CH-]=c1cc[nH]c1=[CH-].[Y]. The number of aromatic nitrogens is 3. The Morgan fingerprint density at radius 3 is 2.17 bits per heavy atom. The van der Waals surface area contributed by atoms with Gasteiger partial charge in [-0.1, -0.05) is 24.4 Å². The second kappa shape index (κ2) is 8.86. The molecule has 0 aliphatic heterocycles. The van der Waals surface area contributed by atoms with Crippen molar-refractivity contribution in [1.29, 1.82) is 0 Å². The molecule has 0 saturated carbocycles. The van der Waals surface area contributed by atoms with E-state index < -0.39 is 0 Å². The van der Waals surface area contributed by atoms with Crippen LogP contribution >= 0.6 is 0 Å². The van der Waals surface area contributed by atoms with Crippen molar-refractivity contribution in [2.24, 2.45) is 0 Å². The molecule has 24 heavy (non-hydrogen) atoms. The van der Waals surface area contributed by atoms with Crippen molar-refractivity contribution < 1.29 is 32.7 Å². The van der Waals surface area contributed by atoms with Crippen LogP contribution in [0.3, 0.4) is 0 Å². The molecular formula is C20H19N3Y-2. The summed E-state index contributed by atoms with van der Waals surface area (Å²) in [7, 11) is 0. The second-order valence-electron chi connectivity index (χ2n) is 5.39. The van der Waals surface area contributed by atoms with E-state index in [4.69, 9.17) is 13.2 Å². The molecule has 0 atom stereocenters. The first kappa shape index (κ1) is 18.5. The van der Waals surface area contributed by atoms with Crippen LogP contribution in [0.25, 0.3) is 25.3 Å². The number of aromatic amines is 3. The van der Waals surface area contributed by atoms with E-state index in [2.05, 4.69) is 51.4 Å². The number of fused-ring (bicyclic) bond motifs is 2. The maximum absolute atomic E-state index is 5.28. The minimum Gasteiger partial charge on any atom is -0.460 e. The average Bonchev–Trinajstić information content (AvgIpc) is 3.26. The van der Waals surface area contributed by atoms with Crippen molar-refractivity contribution >= 4 is 25.3 Å². The Morgan fingerprint density at radius 2 is 1.54 bits per heavy atom. The van der Waals surface area contributed by atoms with E-state index in [0.29, 0.717) is 10.6 Å². The first-order chi connectivity index (χ1) is 11.2. The quantitative estimate of drug-likeness (QED) is 0.495. The normalized spacial score (nSPS) is 12.3. The summed E-state index contributed by atoms with van der Waals surface area (Å²) in [5.74, 6) is 0. The fraction of sp³-hybridized carbons (Fsp3) is 0.100. The summed E-state index contributed by atoms with van der Waals surface area (Å²) in [6, 6.07) is 5.93. The molecule has 0 aromatic carbocycles. The van der Waals surface area contributed by atoms with Gasteiger partial charge in [0.15, 0.2) is 0 Å². The van der Waals surface area contributed by atoms with Crippen LogP contribution in [0, 0.1) is 0 Å². The number of allylic oxidation sites excluding steroid dienone is 2. The standard InChI is InChI=1S/2C7H7N.C6H5N.Y/c2*1-2-6-4-5-8-7(6)3-1;1-5-3-4-7-6(5)2;/h1,3-5,8H,2H2;1-2,4-5,8H,3H2;1-4,7H;/q;;-2;. The molecule has 2 aliphatic carbocycles. The monoisotopic (exact) mass is 390 g/mol. The molecule has 0 saturated heterocycles.